The third-order valence-electron chi connectivity index (χ3n) is 3.78. The van der Waals surface area contributed by atoms with Crippen molar-refractivity contribution in [1.29, 1.82) is 0 Å². The van der Waals surface area contributed by atoms with Gasteiger partial charge in [-0.1, -0.05) is 0 Å². The van der Waals surface area contributed by atoms with Crippen LogP contribution >= 0.6 is 0 Å². The molecular weight excluding hydrogens is 633 g/mol. The van der Waals surface area contributed by atoms with Crippen LogP contribution in [0.3, 0.4) is 0 Å². The monoisotopic (exact) mass is 654 g/mol. The molecule has 0 spiro atoms. The normalized spacial score (nSPS) is 9.50. The summed E-state index contributed by atoms with van der Waals surface area (Å²) < 4.78 is 13.3. The molecule has 0 atom stereocenters. The van der Waals surface area contributed by atoms with Gasteiger partial charge in [0.2, 0.25) is 0 Å². The molecule has 1 rings (SSSR count). The number of rotatable bonds is 4. The Hall–Kier alpha value is 0.0301. The van der Waals surface area contributed by atoms with Crippen molar-refractivity contribution in [2.24, 2.45) is 0 Å². The summed E-state index contributed by atoms with van der Waals surface area (Å²) in [6, 6.07) is 0. The zero-order valence-electron chi connectivity index (χ0n) is 13.0. The van der Waals surface area contributed by atoms with E-state index in [2.05, 4.69) is 27.7 Å². The van der Waals surface area contributed by atoms with Crippen LogP contribution in [0.1, 0.15) is 36.1 Å². The van der Waals surface area contributed by atoms with Gasteiger partial charge in [-0.2, -0.15) is 0 Å². The number of hydrogen-bond donors (Lipinski definition) is 0. The Kier molecular flexibility index (Phi) is 7.12. The SMILES string of the molecule is CC(=O)[O][Hg][c]1c(C)c(C)[c]([Hg][O]C(C)=O)c(C)c1C. The Morgan fingerprint density at radius 3 is 1.15 bits per heavy atom. The molecular formula is C14H18Hg2O4. The summed E-state index contributed by atoms with van der Waals surface area (Å²) >= 11 is -3.69. The molecule has 1 aromatic carbocycles. The molecule has 1 aromatic rings. The predicted molar refractivity (Wildman–Crippen MR) is 68.2 cm³/mol. The van der Waals surface area contributed by atoms with Crippen LogP contribution in [0.4, 0.5) is 0 Å². The molecule has 0 aliphatic carbocycles. The van der Waals surface area contributed by atoms with Crippen molar-refractivity contribution in [3.05, 3.63) is 22.3 Å². The quantitative estimate of drug-likeness (QED) is 0.461. The molecule has 102 valence electrons. The third-order valence-corrected chi connectivity index (χ3v) is 18.5. The second-order valence-corrected chi connectivity index (χ2v) is 15.0. The van der Waals surface area contributed by atoms with Crippen LogP contribution in [0.25, 0.3) is 0 Å². The van der Waals surface area contributed by atoms with E-state index in [1.807, 2.05) is 0 Å². The molecule has 4 nitrogen and oxygen atoms in total. The molecule has 20 heavy (non-hydrogen) atoms. The minimum absolute atomic E-state index is 0.176. The molecule has 0 fully saturated rings. The summed E-state index contributed by atoms with van der Waals surface area (Å²) in [7, 11) is 0. The molecule has 0 radical (unpaired) electrons. The predicted octanol–water partition coefficient (Wildman–Crippen LogP) is 1.29. The molecule has 0 unspecified atom stereocenters. The maximum atomic E-state index is 11.0. The van der Waals surface area contributed by atoms with Crippen LogP contribution < -0.4 is 6.14 Å². The van der Waals surface area contributed by atoms with Gasteiger partial charge in [0.1, 0.15) is 0 Å². The Bertz CT molecular complexity index is 475. The Balaban J connectivity index is 3.19. The van der Waals surface area contributed by atoms with E-state index in [9.17, 15) is 9.59 Å². The van der Waals surface area contributed by atoms with E-state index in [-0.39, 0.29) is 11.9 Å². The molecule has 0 N–H and O–H groups in total. The maximum absolute atomic E-state index is 11.0. The molecule has 0 saturated heterocycles. The third kappa shape index (κ3) is 4.52. The Morgan fingerprint density at radius 1 is 0.700 bits per heavy atom. The van der Waals surface area contributed by atoms with Gasteiger partial charge in [-0.15, -0.1) is 0 Å². The van der Waals surface area contributed by atoms with E-state index >= 15 is 0 Å². The number of benzene rings is 1. The standard InChI is InChI=1S/C10H12.2C2H4O2.2Hg/c1-7-5-9(3)10(4)6-8(7)2;2*1-2(3)4;;/h1-4H3;2*1H3,(H,3,4);;/q;;;2*+1/p-2. The average molecular weight is 651 g/mol. The summed E-state index contributed by atoms with van der Waals surface area (Å²) in [4.78, 5) is 22.1. The van der Waals surface area contributed by atoms with Gasteiger partial charge in [0.05, 0.1) is 0 Å². The first-order valence-corrected chi connectivity index (χ1v) is 16.6. The van der Waals surface area contributed by atoms with E-state index in [0.717, 1.165) is 0 Å². The van der Waals surface area contributed by atoms with Crippen LogP contribution in [0, 0.1) is 27.7 Å². The van der Waals surface area contributed by atoms with E-state index in [1.165, 1.54) is 42.2 Å². The van der Waals surface area contributed by atoms with Crippen molar-refractivity contribution in [3.8, 4) is 0 Å². The summed E-state index contributed by atoms with van der Waals surface area (Å²) in [5.74, 6) is -0.352. The number of carbonyl (C=O) groups is 2. The van der Waals surface area contributed by atoms with Gasteiger partial charge in [-0.3, -0.25) is 0 Å². The molecule has 0 aliphatic rings. The number of carbonyl (C=O) groups excluding carboxylic acids is 2. The molecule has 0 heterocycles. The first-order valence-electron chi connectivity index (χ1n) is 6.60. The fourth-order valence-electron chi connectivity index (χ4n) is 2.25. The van der Waals surface area contributed by atoms with E-state index < -0.39 is 50.1 Å². The van der Waals surface area contributed by atoms with E-state index in [4.69, 9.17) is 5.29 Å². The van der Waals surface area contributed by atoms with Crippen LogP contribution in [0.15, 0.2) is 0 Å². The van der Waals surface area contributed by atoms with Crippen LogP contribution in [-0.2, 0) is 64.9 Å². The van der Waals surface area contributed by atoms with E-state index in [1.54, 1.807) is 0 Å². The van der Waals surface area contributed by atoms with Gasteiger partial charge in [0, 0.05) is 0 Å². The van der Waals surface area contributed by atoms with Gasteiger partial charge in [-0.25, -0.2) is 0 Å². The topological polar surface area (TPSA) is 52.6 Å². The van der Waals surface area contributed by atoms with Crippen molar-refractivity contribution in [1.82, 2.24) is 0 Å². The van der Waals surface area contributed by atoms with Crippen LogP contribution in [0.2, 0.25) is 0 Å². The van der Waals surface area contributed by atoms with Gasteiger partial charge < -0.3 is 0 Å². The second kappa shape index (κ2) is 7.87. The average Bonchev–Trinajstić information content (AvgIpc) is 2.35. The minimum atomic E-state index is -1.84. The van der Waals surface area contributed by atoms with Crippen LogP contribution in [-0.4, -0.2) is 11.9 Å². The van der Waals surface area contributed by atoms with Crippen LogP contribution in [0.5, 0.6) is 0 Å². The Labute approximate surface area is 145 Å². The van der Waals surface area contributed by atoms with Gasteiger partial charge in [-0.05, 0) is 0 Å². The fourth-order valence-corrected chi connectivity index (χ4v) is 12.4. The summed E-state index contributed by atoms with van der Waals surface area (Å²) in [5, 5.41) is 0. The van der Waals surface area contributed by atoms with Gasteiger partial charge in [0.25, 0.3) is 0 Å². The first-order chi connectivity index (χ1) is 9.25. The van der Waals surface area contributed by atoms with E-state index in [0.29, 0.717) is 0 Å². The zero-order chi connectivity index (χ0) is 15.4. The van der Waals surface area contributed by atoms with Crippen molar-refractivity contribution in [2.45, 2.75) is 41.5 Å². The Morgan fingerprint density at radius 2 is 0.950 bits per heavy atom. The van der Waals surface area contributed by atoms with Gasteiger partial charge >= 0.3 is 147 Å². The van der Waals surface area contributed by atoms with Gasteiger partial charge in [0.15, 0.2) is 0 Å². The number of hydrogen-bond acceptors (Lipinski definition) is 4. The molecule has 0 aliphatic heterocycles. The first kappa shape index (κ1) is 18.1. The van der Waals surface area contributed by atoms with Crippen molar-refractivity contribution in [2.75, 3.05) is 0 Å². The molecule has 0 bridgehead atoms. The molecule has 6 heteroatoms. The van der Waals surface area contributed by atoms with Crippen molar-refractivity contribution in [3.63, 3.8) is 0 Å². The second-order valence-electron chi connectivity index (χ2n) is 5.02. The molecule has 0 aromatic heterocycles. The summed E-state index contributed by atoms with van der Waals surface area (Å²) in [6.45, 7) is 11.3. The summed E-state index contributed by atoms with van der Waals surface area (Å²) in [6.07, 6.45) is 0. The van der Waals surface area contributed by atoms with Crippen molar-refractivity contribution >= 4 is 18.1 Å². The fraction of sp³-hybridized carbons (Fsp3) is 0.429. The zero-order valence-corrected chi connectivity index (χ0v) is 24.0. The summed E-state index contributed by atoms with van der Waals surface area (Å²) in [5.41, 5.74) is 4.94. The van der Waals surface area contributed by atoms with Crippen molar-refractivity contribution < 1.29 is 64.9 Å². The molecule has 0 amide bonds. The molecule has 0 saturated carbocycles.